The molecule has 0 bridgehead atoms. The fraction of sp³-hybridized carbons (Fsp3) is 0.500. The number of ether oxygens (including phenoxy) is 1. The summed E-state index contributed by atoms with van der Waals surface area (Å²) >= 11 is 0. The minimum Gasteiger partial charge on any atom is -0.452 e. The molecule has 0 saturated heterocycles. The maximum atomic E-state index is 12.2. The van der Waals surface area contributed by atoms with Crippen molar-refractivity contribution in [3.05, 3.63) is 29.8 Å². The van der Waals surface area contributed by atoms with Gasteiger partial charge in [0.2, 0.25) is 0 Å². The normalized spacial score (nSPS) is 15.3. The zero-order chi connectivity index (χ0) is 18.4. The van der Waals surface area contributed by atoms with E-state index in [0.29, 0.717) is 4.47 Å². The molecule has 1 N–H and O–H groups in total. The maximum absolute atomic E-state index is 12.2. The van der Waals surface area contributed by atoms with Crippen molar-refractivity contribution in [3.63, 3.8) is 0 Å². The summed E-state index contributed by atoms with van der Waals surface area (Å²) in [5.74, 6) is -1.12. The average Bonchev–Trinajstić information content (AvgIpc) is 3.11. The molecule has 1 saturated carbocycles. The second kappa shape index (κ2) is 8.41. The molecule has 0 radical (unpaired) electrons. The van der Waals surface area contributed by atoms with Crippen LogP contribution in [0.25, 0.3) is 0 Å². The van der Waals surface area contributed by atoms with E-state index in [1.54, 1.807) is 0 Å². The Labute approximate surface area is 147 Å². The number of rotatable bonds is 7. The minimum atomic E-state index is -3.87. The van der Waals surface area contributed by atoms with Crippen molar-refractivity contribution in [2.75, 3.05) is 20.8 Å². The number of sulfonamides is 1. The van der Waals surface area contributed by atoms with E-state index in [4.69, 9.17) is 4.74 Å². The van der Waals surface area contributed by atoms with Gasteiger partial charge in [0.1, 0.15) is 0 Å². The highest BCUT2D eigenvalue weighted by Crippen LogP contribution is 2.18. The van der Waals surface area contributed by atoms with E-state index in [1.807, 2.05) is 0 Å². The molecule has 0 atom stereocenters. The molecule has 138 valence electrons. The molecule has 0 spiro atoms. The lowest BCUT2D eigenvalue weighted by atomic mass is 10.2. The first-order valence-electron chi connectivity index (χ1n) is 7.94. The van der Waals surface area contributed by atoms with Crippen molar-refractivity contribution < 1.29 is 27.6 Å². The smallest absolute Gasteiger partial charge is 0.338 e. The summed E-state index contributed by atoms with van der Waals surface area (Å²) in [6, 6.07) is 5.51. The van der Waals surface area contributed by atoms with Crippen LogP contribution < -0.4 is 5.32 Å². The van der Waals surface area contributed by atoms with Gasteiger partial charge in [0.25, 0.3) is 15.9 Å². The number of hydroxylamine groups is 1. The molecule has 1 aliphatic carbocycles. The Morgan fingerprint density at radius 3 is 2.60 bits per heavy atom. The second-order valence-corrected chi connectivity index (χ2v) is 7.69. The Kier molecular flexibility index (Phi) is 6.51. The van der Waals surface area contributed by atoms with Crippen molar-refractivity contribution in [1.29, 1.82) is 0 Å². The van der Waals surface area contributed by atoms with E-state index >= 15 is 0 Å². The Morgan fingerprint density at radius 2 is 1.96 bits per heavy atom. The van der Waals surface area contributed by atoms with Gasteiger partial charge in [0.05, 0.1) is 17.6 Å². The monoisotopic (exact) mass is 370 g/mol. The SMILES string of the molecule is CON(C)S(=O)(=O)c1cccc(C(=O)OCC(=O)NC2CCCC2)c1. The van der Waals surface area contributed by atoms with Gasteiger partial charge in [-0.05, 0) is 31.0 Å². The number of carbonyl (C=O) groups is 2. The van der Waals surface area contributed by atoms with Crippen LogP contribution in [0, 0.1) is 0 Å². The van der Waals surface area contributed by atoms with Crippen molar-refractivity contribution >= 4 is 21.9 Å². The summed E-state index contributed by atoms with van der Waals surface area (Å²) in [5, 5.41) is 2.81. The lowest BCUT2D eigenvalue weighted by molar-refractivity contribution is -0.124. The third-order valence-corrected chi connectivity index (χ3v) is 5.69. The van der Waals surface area contributed by atoms with Gasteiger partial charge in [0.15, 0.2) is 6.61 Å². The lowest BCUT2D eigenvalue weighted by Gasteiger charge is -2.14. The highest BCUT2D eigenvalue weighted by molar-refractivity contribution is 7.89. The summed E-state index contributed by atoms with van der Waals surface area (Å²) in [5.41, 5.74) is 0.0410. The lowest BCUT2D eigenvalue weighted by Crippen LogP contribution is -2.35. The zero-order valence-corrected chi connectivity index (χ0v) is 15.0. The molecule has 0 aliphatic heterocycles. The molecule has 0 aromatic heterocycles. The van der Waals surface area contributed by atoms with Crippen LogP contribution in [0.15, 0.2) is 29.2 Å². The molecule has 8 nitrogen and oxygen atoms in total. The number of esters is 1. The second-order valence-electron chi connectivity index (χ2n) is 5.75. The first-order valence-corrected chi connectivity index (χ1v) is 9.38. The summed E-state index contributed by atoms with van der Waals surface area (Å²) in [6.45, 7) is -0.399. The van der Waals surface area contributed by atoms with Crippen LogP contribution in [0.2, 0.25) is 0 Å². The van der Waals surface area contributed by atoms with Crippen LogP contribution >= 0.6 is 0 Å². The standard InChI is InChI=1S/C16H22N2O6S/c1-18(23-2)25(21,22)14-9-5-6-12(10-14)16(20)24-11-15(19)17-13-7-3-4-8-13/h5-6,9-10,13H,3-4,7-8,11H2,1-2H3,(H,17,19). The molecule has 2 rings (SSSR count). The van der Waals surface area contributed by atoms with Gasteiger partial charge in [0, 0.05) is 13.1 Å². The van der Waals surface area contributed by atoms with E-state index in [2.05, 4.69) is 10.2 Å². The molecule has 1 aliphatic rings. The quantitative estimate of drug-likeness (QED) is 0.569. The van der Waals surface area contributed by atoms with Crippen LogP contribution in [0.3, 0.4) is 0 Å². The number of nitrogens with zero attached hydrogens (tertiary/aromatic N) is 1. The molecular weight excluding hydrogens is 348 g/mol. The first-order chi connectivity index (χ1) is 11.8. The van der Waals surface area contributed by atoms with Crippen LogP contribution in [0.5, 0.6) is 0 Å². The molecule has 0 unspecified atom stereocenters. The van der Waals surface area contributed by atoms with Gasteiger partial charge < -0.3 is 10.1 Å². The van der Waals surface area contributed by atoms with Gasteiger partial charge in [-0.2, -0.15) is 0 Å². The highest BCUT2D eigenvalue weighted by Gasteiger charge is 2.23. The van der Waals surface area contributed by atoms with Crippen molar-refractivity contribution in [2.45, 2.75) is 36.6 Å². The van der Waals surface area contributed by atoms with Crippen molar-refractivity contribution in [1.82, 2.24) is 9.79 Å². The number of carbonyl (C=O) groups excluding carboxylic acids is 2. The fourth-order valence-electron chi connectivity index (χ4n) is 2.58. The van der Waals surface area contributed by atoms with E-state index in [1.165, 1.54) is 38.4 Å². The Hall–Kier alpha value is -1.97. The van der Waals surface area contributed by atoms with E-state index in [-0.39, 0.29) is 22.4 Å². The molecule has 0 heterocycles. The van der Waals surface area contributed by atoms with Gasteiger partial charge in [-0.15, -0.1) is 0 Å². The third-order valence-electron chi connectivity index (χ3n) is 4.02. The largest absolute Gasteiger partial charge is 0.452 e. The number of benzene rings is 1. The molecule has 1 aromatic carbocycles. The summed E-state index contributed by atoms with van der Waals surface area (Å²) in [7, 11) is -1.40. The minimum absolute atomic E-state index is 0.0410. The van der Waals surface area contributed by atoms with E-state index < -0.39 is 22.6 Å². The predicted molar refractivity (Wildman–Crippen MR) is 89.1 cm³/mol. The molecule has 1 aromatic rings. The van der Waals surface area contributed by atoms with Crippen LogP contribution in [0.4, 0.5) is 0 Å². The average molecular weight is 370 g/mol. The molecule has 1 fully saturated rings. The number of hydrogen-bond donors (Lipinski definition) is 1. The van der Waals surface area contributed by atoms with Gasteiger partial charge in [-0.1, -0.05) is 23.4 Å². The highest BCUT2D eigenvalue weighted by atomic mass is 32.2. The molecule has 9 heteroatoms. The Bertz CT molecular complexity index is 728. The van der Waals surface area contributed by atoms with Gasteiger partial charge in [-0.25, -0.2) is 13.2 Å². The topological polar surface area (TPSA) is 102 Å². The van der Waals surface area contributed by atoms with Crippen LogP contribution in [-0.4, -0.2) is 51.6 Å². The van der Waals surface area contributed by atoms with E-state index in [9.17, 15) is 18.0 Å². The number of amides is 1. The first kappa shape index (κ1) is 19.4. The number of nitrogens with one attached hydrogen (secondary N) is 1. The Morgan fingerprint density at radius 1 is 1.28 bits per heavy atom. The van der Waals surface area contributed by atoms with Crippen molar-refractivity contribution in [2.24, 2.45) is 0 Å². The molecule has 1 amide bonds. The zero-order valence-electron chi connectivity index (χ0n) is 14.2. The molecular formula is C16H22N2O6S. The third kappa shape index (κ3) is 5.00. The van der Waals surface area contributed by atoms with Crippen LogP contribution in [-0.2, 0) is 24.4 Å². The van der Waals surface area contributed by atoms with Crippen LogP contribution in [0.1, 0.15) is 36.0 Å². The van der Waals surface area contributed by atoms with Gasteiger partial charge in [-0.3, -0.25) is 9.63 Å². The van der Waals surface area contributed by atoms with E-state index in [0.717, 1.165) is 25.7 Å². The summed E-state index contributed by atoms with van der Waals surface area (Å²) in [4.78, 5) is 28.4. The van der Waals surface area contributed by atoms with Crippen molar-refractivity contribution in [3.8, 4) is 0 Å². The Balaban J connectivity index is 1.97. The number of hydrogen-bond acceptors (Lipinski definition) is 6. The summed E-state index contributed by atoms with van der Waals surface area (Å²) < 4.78 is 30.0. The van der Waals surface area contributed by atoms with Gasteiger partial charge >= 0.3 is 5.97 Å². The summed E-state index contributed by atoms with van der Waals surface area (Å²) in [6.07, 6.45) is 4.04. The fourth-order valence-corrected chi connectivity index (χ4v) is 3.60. The molecule has 25 heavy (non-hydrogen) atoms. The predicted octanol–water partition coefficient (Wildman–Crippen LogP) is 1.08. The maximum Gasteiger partial charge on any atom is 0.338 e.